The molecular formula is C26H23N5O2S2. The third kappa shape index (κ3) is 5.36. The van der Waals surface area contributed by atoms with Gasteiger partial charge in [-0.1, -0.05) is 59.8 Å². The second-order valence-electron chi connectivity index (χ2n) is 8.04. The maximum atomic E-state index is 12.7. The smallest absolute Gasteiger partial charge is 0.236 e. The van der Waals surface area contributed by atoms with Gasteiger partial charge in [-0.25, -0.2) is 4.98 Å². The van der Waals surface area contributed by atoms with Crippen LogP contribution < -0.4 is 5.32 Å². The van der Waals surface area contributed by atoms with Crippen molar-refractivity contribution in [2.24, 2.45) is 0 Å². The molecule has 0 aliphatic carbocycles. The van der Waals surface area contributed by atoms with E-state index in [0.717, 1.165) is 22.5 Å². The highest BCUT2D eigenvalue weighted by Gasteiger charge is 2.20. The first kappa shape index (κ1) is 23.1. The van der Waals surface area contributed by atoms with Gasteiger partial charge in [0.2, 0.25) is 11.7 Å². The Hall–Kier alpha value is -3.69. The summed E-state index contributed by atoms with van der Waals surface area (Å²) in [6.07, 6.45) is 4.22. The van der Waals surface area contributed by atoms with E-state index in [1.165, 1.54) is 34.2 Å². The molecule has 0 unspecified atom stereocenters. The summed E-state index contributed by atoms with van der Waals surface area (Å²) in [7, 11) is 0. The number of furan rings is 1. The fourth-order valence-electron chi connectivity index (χ4n) is 3.72. The zero-order valence-electron chi connectivity index (χ0n) is 19.3. The zero-order valence-corrected chi connectivity index (χ0v) is 20.9. The van der Waals surface area contributed by atoms with Crippen molar-refractivity contribution in [1.29, 1.82) is 0 Å². The van der Waals surface area contributed by atoms with Gasteiger partial charge in [0.05, 0.1) is 17.7 Å². The van der Waals surface area contributed by atoms with E-state index in [0.29, 0.717) is 21.9 Å². The summed E-state index contributed by atoms with van der Waals surface area (Å²) in [6, 6.07) is 20.0. The van der Waals surface area contributed by atoms with E-state index < -0.39 is 0 Å². The number of carbonyl (C=O) groups is 1. The summed E-state index contributed by atoms with van der Waals surface area (Å²) >= 11 is 2.81. The topological polar surface area (TPSA) is 85.8 Å². The molecule has 3 heterocycles. The average molecular weight is 502 g/mol. The van der Waals surface area contributed by atoms with E-state index in [1.54, 1.807) is 6.26 Å². The van der Waals surface area contributed by atoms with E-state index in [1.807, 2.05) is 54.1 Å². The van der Waals surface area contributed by atoms with Gasteiger partial charge < -0.3 is 9.73 Å². The number of nitrogens with one attached hydrogen (secondary N) is 1. The lowest BCUT2D eigenvalue weighted by molar-refractivity contribution is -0.113. The van der Waals surface area contributed by atoms with Gasteiger partial charge in [0, 0.05) is 17.5 Å². The molecule has 0 radical (unpaired) electrons. The fraction of sp³-hybridized carbons (Fsp3) is 0.154. The molecule has 35 heavy (non-hydrogen) atoms. The summed E-state index contributed by atoms with van der Waals surface area (Å²) < 4.78 is 7.50. The number of para-hydroxylation sites is 1. The lowest BCUT2D eigenvalue weighted by Gasteiger charge is -2.11. The van der Waals surface area contributed by atoms with E-state index in [9.17, 15) is 4.79 Å². The van der Waals surface area contributed by atoms with Gasteiger partial charge >= 0.3 is 0 Å². The van der Waals surface area contributed by atoms with Crippen molar-refractivity contribution in [3.63, 3.8) is 0 Å². The van der Waals surface area contributed by atoms with Crippen molar-refractivity contribution < 1.29 is 9.21 Å². The minimum Gasteiger partial charge on any atom is -0.461 e. The first-order valence-corrected chi connectivity index (χ1v) is 12.9. The first-order chi connectivity index (χ1) is 17.1. The number of aromatic nitrogens is 4. The predicted molar refractivity (Wildman–Crippen MR) is 139 cm³/mol. The van der Waals surface area contributed by atoms with E-state index >= 15 is 0 Å². The lowest BCUT2D eigenvalue weighted by Crippen LogP contribution is -2.14. The van der Waals surface area contributed by atoms with Gasteiger partial charge in [0.15, 0.2) is 16.0 Å². The zero-order chi connectivity index (χ0) is 24.2. The van der Waals surface area contributed by atoms with Crippen LogP contribution in [0.5, 0.6) is 0 Å². The lowest BCUT2D eigenvalue weighted by atomic mass is 10.1. The number of hydrogen-bond donors (Lipinski definition) is 1. The molecule has 5 rings (SSSR count). The van der Waals surface area contributed by atoms with Gasteiger partial charge in [-0.3, -0.25) is 9.36 Å². The molecule has 9 heteroatoms. The number of anilines is 1. The van der Waals surface area contributed by atoms with Crippen molar-refractivity contribution in [1.82, 2.24) is 19.7 Å². The summed E-state index contributed by atoms with van der Waals surface area (Å²) in [4.78, 5) is 18.2. The Kier molecular flexibility index (Phi) is 6.78. The normalized spacial score (nSPS) is 11.0. The first-order valence-electron chi connectivity index (χ1n) is 11.0. The van der Waals surface area contributed by atoms with E-state index in [-0.39, 0.29) is 11.7 Å². The molecule has 0 saturated heterocycles. The molecule has 0 fully saturated rings. The highest BCUT2D eigenvalue weighted by molar-refractivity contribution is 7.99. The molecule has 0 atom stereocenters. The van der Waals surface area contributed by atoms with Crippen molar-refractivity contribution in [3.05, 3.63) is 94.7 Å². The molecule has 0 saturated carbocycles. The van der Waals surface area contributed by atoms with Crippen LogP contribution in [0, 0.1) is 13.8 Å². The number of thioether (sulfide) groups is 1. The van der Waals surface area contributed by atoms with Gasteiger partial charge in [-0.2, -0.15) is 0 Å². The molecule has 1 amide bonds. The molecule has 176 valence electrons. The number of nitrogens with zero attached hydrogens (tertiary/aromatic N) is 4. The fourth-order valence-corrected chi connectivity index (χ4v) is 5.32. The van der Waals surface area contributed by atoms with Crippen molar-refractivity contribution in [2.75, 3.05) is 11.1 Å². The highest BCUT2D eigenvalue weighted by atomic mass is 32.2. The second-order valence-corrected chi connectivity index (χ2v) is 10.1. The number of thiazole rings is 1. The largest absolute Gasteiger partial charge is 0.461 e. The predicted octanol–water partition coefficient (Wildman–Crippen LogP) is 5.92. The summed E-state index contributed by atoms with van der Waals surface area (Å²) in [6.45, 7) is 4.11. The van der Waals surface area contributed by atoms with Crippen LogP contribution in [-0.4, -0.2) is 31.4 Å². The number of amides is 1. The quantitative estimate of drug-likeness (QED) is 0.266. The van der Waals surface area contributed by atoms with Gasteiger partial charge in [0.1, 0.15) is 0 Å². The molecule has 3 aromatic heterocycles. The van der Waals surface area contributed by atoms with E-state index in [4.69, 9.17) is 4.42 Å². The Morgan fingerprint density at radius 1 is 1.09 bits per heavy atom. The van der Waals surface area contributed by atoms with Crippen LogP contribution >= 0.6 is 23.1 Å². The third-order valence-electron chi connectivity index (χ3n) is 5.32. The summed E-state index contributed by atoms with van der Waals surface area (Å²) in [5, 5.41) is 12.8. The Morgan fingerprint density at radius 3 is 2.77 bits per heavy atom. The highest BCUT2D eigenvalue weighted by Crippen LogP contribution is 2.30. The van der Waals surface area contributed by atoms with Crippen LogP contribution in [0.15, 0.2) is 82.7 Å². The number of carbonyl (C=O) groups excluding carboxylic acids is 1. The van der Waals surface area contributed by atoms with Gasteiger partial charge in [-0.05, 0) is 43.2 Å². The molecule has 1 N–H and O–H groups in total. The van der Waals surface area contributed by atoms with Crippen molar-refractivity contribution in [3.8, 4) is 17.3 Å². The van der Waals surface area contributed by atoms with Crippen molar-refractivity contribution in [2.45, 2.75) is 25.4 Å². The maximum absolute atomic E-state index is 12.7. The second kappa shape index (κ2) is 10.3. The molecule has 2 aromatic carbocycles. The van der Waals surface area contributed by atoms with Crippen LogP contribution in [0.4, 0.5) is 5.13 Å². The Labute approximate surface area is 211 Å². The molecule has 0 spiro atoms. The Balaban J connectivity index is 1.28. The minimum absolute atomic E-state index is 0.148. The molecular weight excluding hydrogens is 478 g/mol. The Bertz CT molecular complexity index is 1460. The monoisotopic (exact) mass is 501 g/mol. The van der Waals surface area contributed by atoms with Crippen LogP contribution in [0.25, 0.3) is 17.3 Å². The van der Waals surface area contributed by atoms with Gasteiger partial charge in [-0.15, -0.1) is 21.5 Å². The maximum Gasteiger partial charge on any atom is 0.236 e. The molecule has 5 aromatic rings. The number of hydrogen-bond acceptors (Lipinski definition) is 7. The summed E-state index contributed by atoms with van der Waals surface area (Å²) in [5.74, 6) is 1.23. The van der Waals surface area contributed by atoms with E-state index in [2.05, 4.69) is 51.7 Å². The Morgan fingerprint density at radius 2 is 1.97 bits per heavy atom. The molecule has 0 aliphatic rings. The van der Waals surface area contributed by atoms with Crippen molar-refractivity contribution >= 4 is 34.1 Å². The molecule has 0 bridgehead atoms. The number of aryl methyl sites for hydroxylation is 2. The minimum atomic E-state index is -0.148. The third-order valence-corrected chi connectivity index (χ3v) is 7.17. The molecule has 0 aliphatic heterocycles. The number of benzene rings is 2. The molecule has 7 nitrogen and oxygen atoms in total. The van der Waals surface area contributed by atoms with Gasteiger partial charge in [0.25, 0.3) is 0 Å². The number of rotatable bonds is 8. The SMILES string of the molecule is Cc1cccc(Cc2cnc(NC(=O)CSc3nnc(-c4ccco4)n3-c3ccccc3C)s2)c1. The average Bonchev–Trinajstić information content (AvgIpc) is 3.59. The standard InChI is InChI=1S/C26H23N5O2S2/c1-17-7-5-9-19(13-17)14-20-15-27-25(35-20)28-23(32)16-34-26-30-29-24(22-11-6-12-33-22)31(26)21-10-4-3-8-18(21)2/h3-13,15H,14,16H2,1-2H3,(H,27,28,32). The summed E-state index contributed by atoms with van der Waals surface area (Å²) in [5.41, 5.74) is 4.46. The van der Waals surface area contributed by atoms with Crippen LogP contribution in [-0.2, 0) is 11.2 Å². The van der Waals surface area contributed by atoms with Crippen LogP contribution in [0.2, 0.25) is 0 Å². The van der Waals surface area contributed by atoms with Crippen LogP contribution in [0.3, 0.4) is 0 Å². The van der Waals surface area contributed by atoms with Crippen LogP contribution in [0.1, 0.15) is 21.6 Å².